The van der Waals surface area contributed by atoms with Crippen LogP contribution in [0.3, 0.4) is 0 Å². The number of carbonyl (C=O) groups is 1. The molecule has 3 rings (SSSR count). The molecular formula is C26H36N2O5S2. The maximum atomic E-state index is 13.2. The van der Waals surface area contributed by atoms with Gasteiger partial charge in [0.05, 0.1) is 30.0 Å². The quantitative estimate of drug-likeness (QED) is 0.221. The first-order chi connectivity index (χ1) is 16.5. The van der Waals surface area contributed by atoms with Crippen molar-refractivity contribution in [3.05, 3.63) is 63.8 Å². The van der Waals surface area contributed by atoms with Crippen molar-refractivity contribution in [3.63, 3.8) is 0 Å². The molecule has 2 aliphatic heterocycles. The van der Waals surface area contributed by atoms with Gasteiger partial charge in [0.2, 0.25) is 5.91 Å². The Kier molecular flexibility index (Phi) is 9.63. The number of allylic oxidation sites excluding steroid dienone is 4. The zero-order valence-corrected chi connectivity index (χ0v) is 22.9. The van der Waals surface area contributed by atoms with Crippen molar-refractivity contribution < 1.29 is 22.7 Å². The van der Waals surface area contributed by atoms with Crippen LogP contribution in [0.25, 0.3) is 0 Å². The zero-order valence-electron chi connectivity index (χ0n) is 21.2. The second kappa shape index (κ2) is 12.3. The number of ether oxygens (including phenoxy) is 2. The van der Waals surface area contributed by atoms with Gasteiger partial charge >= 0.3 is 0 Å². The second-order valence-electron chi connectivity index (χ2n) is 9.15. The van der Waals surface area contributed by atoms with Crippen LogP contribution >= 0.6 is 11.9 Å². The fourth-order valence-electron chi connectivity index (χ4n) is 3.96. The van der Waals surface area contributed by atoms with Crippen LogP contribution in [-0.4, -0.2) is 68.7 Å². The molecule has 35 heavy (non-hydrogen) atoms. The summed E-state index contributed by atoms with van der Waals surface area (Å²) in [7, 11) is -3.52. The van der Waals surface area contributed by atoms with E-state index in [4.69, 9.17) is 9.47 Å². The van der Waals surface area contributed by atoms with E-state index in [1.807, 2.05) is 13.8 Å². The molecule has 0 saturated carbocycles. The van der Waals surface area contributed by atoms with E-state index in [1.165, 1.54) is 17.7 Å². The van der Waals surface area contributed by atoms with Gasteiger partial charge in [0.15, 0.2) is 9.84 Å². The van der Waals surface area contributed by atoms with Gasteiger partial charge in [-0.05, 0) is 87.6 Å². The first-order valence-corrected chi connectivity index (χ1v) is 14.5. The number of amides is 1. The van der Waals surface area contributed by atoms with Gasteiger partial charge in [-0.15, -0.1) is 0 Å². The number of benzene rings is 1. The Labute approximate surface area is 213 Å². The van der Waals surface area contributed by atoms with Gasteiger partial charge < -0.3 is 14.4 Å². The summed E-state index contributed by atoms with van der Waals surface area (Å²) in [5.41, 5.74) is 2.78. The van der Waals surface area contributed by atoms with Crippen LogP contribution < -0.4 is 0 Å². The van der Waals surface area contributed by atoms with Gasteiger partial charge in [-0.3, -0.25) is 4.79 Å². The molecule has 7 nitrogen and oxygen atoms in total. The summed E-state index contributed by atoms with van der Waals surface area (Å²) in [6.07, 6.45) is 6.48. The summed E-state index contributed by atoms with van der Waals surface area (Å²) < 4.78 is 38.0. The summed E-state index contributed by atoms with van der Waals surface area (Å²) >= 11 is 1.72. The molecule has 1 fully saturated rings. The number of hydrogen-bond donors (Lipinski definition) is 0. The van der Waals surface area contributed by atoms with Crippen LogP contribution in [0.4, 0.5) is 0 Å². The Balaban J connectivity index is 1.74. The van der Waals surface area contributed by atoms with Crippen molar-refractivity contribution in [3.8, 4) is 0 Å². The molecule has 2 heterocycles. The molecule has 1 aromatic rings. The van der Waals surface area contributed by atoms with Crippen molar-refractivity contribution >= 4 is 27.7 Å². The molecule has 0 aliphatic carbocycles. The van der Waals surface area contributed by atoms with Crippen molar-refractivity contribution in [2.24, 2.45) is 0 Å². The number of nitrogens with zero attached hydrogens (tertiary/aromatic N) is 2. The highest BCUT2D eigenvalue weighted by Crippen LogP contribution is 2.29. The lowest BCUT2D eigenvalue weighted by Gasteiger charge is -2.30. The minimum atomic E-state index is -3.52. The third-order valence-electron chi connectivity index (χ3n) is 5.71. The third kappa shape index (κ3) is 8.24. The van der Waals surface area contributed by atoms with Crippen LogP contribution in [-0.2, 0) is 37.1 Å². The first-order valence-electron chi connectivity index (χ1n) is 11.9. The largest absolute Gasteiger partial charge is 0.496 e. The first kappa shape index (κ1) is 27.5. The van der Waals surface area contributed by atoms with Crippen LogP contribution in [0.1, 0.15) is 38.8 Å². The van der Waals surface area contributed by atoms with Crippen molar-refractivity contribution in [1.29, 1.82) is 0 Å². The minimum Gasteiger partial charge on any atom is -0.496 e. The van der Waals surface area contributed by atoms with Crippen molar-refractivity contribution in [2.45, 2.75) is 51.7 Å². The number of rotatable bonds is 8. The lowest BCUT2D eigenvalue weighted by molar-refractivity contribution is -0.128. The van der Waals surface area contributed by atoms with Gasteiger partial charge in [-0.2, -0.15) is 0 Å². The summed E-state index contributed by atoms with van der Waals surface area (Å²) in [4.78, 5) is 16.2. The lowest BCUT2D eigenvalue weighted by Crippen LogP contribution is -2.36. The smallest absolute Gasteiger partial charge is 0.249 e. The molecule has 0 aromatic heterocycles. The summed E-state index contributed by atoms with van der Waals surface area (Å²) in [5.74, 6) is 0.451. The Hall–Kier alpha value is -2.07. The van der Waals surface area contributed by atoms with Gasteiger partial charge in [0.1, 0.15) is 0 Å². The van der Waals surface area contributed by atoms with E-state index >= 15 is 0 Å². The molecule has 1 saturated heterocycles. The third-order valence-corrected chi connectivity index (χ3v) is 7.91. The molecule has 1 amide bonds. The van der Waals surface area contributed by atoms with Crippen LogP contribution in [0.5, 0.6) is 0 Å². The van der Waals surface area contributed by atoms with Gasteiger partial charge in [-0.1, -0.05) is 6.07 Å². The second-order valence-corrected chi connectivity index (χ2v) is 12.3. The molecule has 0 spiro atoms. The van der Waals surface area contributed by atoms with Crippen molar-refractivity contribution in [1.82, 2.24) is 9.21 Å². The molecule has 192 valence electrons. The van der Waals surface area contributed by atoms with E-state index in [0.29, 0.717) is 24.4 Å². The summed E-state index contributed by atoms with van der Waals surface area (Å²) in [6, 6.07) is 6.46. The fraction of sp³-hybridized carbons (Fsp3) is 0.500. The number of hydrogen-bond acceptors (Lipinski definition) is 7. The highest BCUT2D eigenvalue weighted by atomic mass is 32.2. The Morgan fingerprint density at radius 1 is 1.11 bits per heavy atom. The molecule has 0 radical (unpaired) electrons. The average Bonchev–Trinajstić information content (AvgIpc) is 2.80. The summed E-state index contributed by atoms with van der Waals surface area (Å²) in [6.45, 7) is 11.6. The monoisotopic (exact) mass is 520 g/mol. The minimum absolute atomic E-state index is 0.00467. The van der Waals surface area contributed by atoms with Gasteiger partial charge in [0, 0.05) is 42.9 Å². The number of sulfone groups is 1. The van der Waals surface area contributed by atoms with Crippen molar-refractivity contribution in [2.75, 3.05) is 39.1 Å². The standard InChI is InChI=1S/C26H36N2O5S2/c1-19(2)33-21(4)6-9-25(35(5,30)31)16-20(3)26(29)27-11-10-22-7-8-24(17-23(22)18-27)34-28-12-14-32-15-13-28/h6-9,16-17,19H,10-15,18H2,1-5H3/b20-16+,21-6+,25-9+. The summed E-state index contributed by atoms with van der Waals surface area (Å²) in [5, 5.41) is 0. The molecule has 0 N–H and O–H groups in total. The highest BCUT2D eigenvalue weighted by Gasteiger charge is 2.23. The highest BCUT2D eigenvalue weighted by molar-refractivity contribution is 7.97. The SMILES string of the molecule is C\C(=C/C=C(\C=C(/C)C(=O)N1CCc2ccc(SN3CCOCC3)cc2C1)S(C)(=O)=O)OC(C)C. The van der Waals surface area contributed by atoms with E-state index in [9.17, 15) is 13.2 Å². The lowest BCUT2D eigenvalue weighted by atomic mass is 9.99. The molecule has 2 aliphatic rings. The number of carbonyl (C=O) groups excluding carboxylic acids is 1. The van der Waals surface area contributed by atoms with Gasteiger partial charge in [0.25, 0.3) is 0 Å². The average molecular weight is 521 g/mol. The number of morpholine rings is 1. The Morgan fingerprint density at radius 3 is 2.49 bits per heavy atom. The Bertz CT molecular complexity index is 1120. The molecule has 1 aromatic carbocycles. The fourth-order valence-corrected chi connectivity index (χ4v) is 5.62. The van der Waals surface area contributed by atoms with E-state index in [1.54, 1.807) is 36.8 Å². The van der Waals surface area contributed by atoms with E-state index in [0.717, 1.165) is 49.4 Å². The Morgan fingerprint density at radius 2 is 1.83 bits per heavy atom. The maximum absolute atomic E-state index is 13.2. The van der Waals surface area contributed by atoms with Gasteiger partial charge in [-0.25, -0.2) is 12.7 Å². The molecule has 0 unspecified atom stereocenters. The predicted octanol–water partition coefficient (Wildman–Crippen LogP) is 4.11. The van der Waals surface area contributed by atoms with E-state index < -0.39 is 9.84 Å². The number of fused-ring (bicyclic) bond motifs is 1. The molecule has 9 heteroatoms. The maximum Gasteiger partial charge on any atom is 0.249 e. The van der Waals surface area contributed by atoms with Crippen LogP contribution in [0, 0.1) is 0 Å². The predicted molar refractivity (Wildman–Crippen MR) is 140 cm³/mol. The van der Waals surface area contributed by atoms with E-state index in [-0.39, 0.29) is 16.9 Å². The van der Waals surface area contributed by atoms with Crippen LogP contribution in [0.15, 0.2) is 57.6 Å². The topological polar surface area (TPSA) is 76.2 Å². The molecule has 0 atom stereocenters. The zero-order chi connectivity index (χ0) is 25.6. The normalized spacial score (nSPS) is 18.6. The molecular weight excluding hydrogens is 484 g/mol. The van der Waals surface area contributed by atoms with Crippen LogP contribution in [0.2, 0.25) is 0 Å². The van der Waals surface area contributed by atoms with E-state index in [2.05, 4.69) is 22.5 Å². The molecule has 0 bridgehead atoms.